The minimum absolute atomic E-state index is 0.0649. The van der Waals surface area contributed by atoms with E-state index in [4.69, 9.17) is 10.5 Å². The Hall–Kier alpha value is -1.84. The van der Waals surface area contributed by atoms with E-state index >= 15 is 0 Å². The minimum Gasteiger partial charge on any atom is -0.383 e. The molecule has 2 fully saturated rings. The molecule has 142 valence electrons. The zero-order valence-electron chi connectivity index (χ0n) is 14.7. The SMILES string of the molecule is CNCC1CC(F)(F)CN1CC1CCC(n2ccc3c(N)ncnc32)O1. The molecule has 0 bridgehead atoms. The van der Waals surface area contributed by atoms with Crippen molar-refractivity contribution >= 4 is 16.9 Å². The van der Waals surface area contributed by atoms with Gasteiger partial charge in [-0.1, -0.05) is 0 Å². The van der Waals surface area contributed by atoms with Crippen molar-refractivity contribution in [3.8, 4) is 0 Å². The van der Waals surface area contributed by atoms with E-state index in [1.54, 1.807) is 7.05 Å². The van der Waals surface area contributed by atoms with Crippen molar-refractivity contribution in [2.45, 2.75) is 43.6 Å². The number of likely N-dealkylation sites (tertiary alicyclic amines) is 1. The van der Waals surface area contributed by atoms with E-state index < -0.39 is 5.92 Å². The number of likely N-dealkylation sites (N-methyl/N-ethyl adjacent to an activating group) is 1. The molecule has 2 saturated heterocycles. The number of halogens is 2. The average Bonchev–Trinajstić information content (AvgIpc) is 3.26. The average molecular weight is 366 g/mol. The van der Waals surface area contributed by atoms with Gasteiger partial charge in [-0.15, -0.1) is 0 Å². The summed E-state index contributed by atoms with van der Waals surface area (Å²) in [5.41, 5.74) is 6.62. The lowest BCUT2D eigenvalue weighted by Crippen LogP contribution is -2.41. The molecule has 26 heavy (non-hydrogen) atoms. The molecule has 3 unspecified atom stereocenters. The largest absolute Gasteiger partial charge is 0.383 e. The minimum atomic E-state index is -2.62. The first kappa shape index (κ1) is 17.6. The Bertz CT molecular complexity index is 782. The van der Waals surface area contributed by atoms with E-state index in [1.807, 2.05) is 21.7 Å². The Morgan fingerprint density at radius 1 is 1.38 bits per heavy atom. The molecule has 0 amide bonds. The number of ether oxygens (including phenoxy) is 1. The number of hydrogen-bond donors (Lipinski definition) is 2. The maximum Gasteiger partial charge on any atom is 0.262 e. The van der Waals surface area contributed by atoms with Gasteiger partial charge in [-0.05, 0) is 26.0 Å². The Morgan fingerprint density at radius 3 is 3.04 bits per heavy atom. The zero-order chi connectivity index (χ0) is 18.3. The van der Waals surface area contributed by atoms with Gasteiger partial charge in [0.05, 0.1) is 18.0 Å². The number of rotatable bonds is 5. The summed E-state index contributed by atoms with van der Waals surface area (Å²) in [4.78, 5) is 10.2. The Kier molecular flexibility index (Phi) is 4.54. The maximum absolute atomic E-state index is 13.8. The van der Waals surface area contributed by atoms with Crippen molar-refractivity contribution in [2.75, 3.05) is 32.4 Å². The van der Waals surface area contributed by atoms with Crippen LogP contribution in [0.1, 0.15) is 25.5 Å². The first-order valence-electron chi connectivity index (χ1n) is 8.96. The highest BCUT2D eigenvalue weighted by Gasteiger charge is 2.45. The highest BCUT2D eigenvalue weighted by atomic mass is 19.3. The maximum atomic E-state index is 13.8. The number of nitrogens with zero attached hydrogens (tertiary/aromatic N) is 4. The second-order valence-electron chi connectivity index (χ2n) is 7.21. The number of fused-ring (bicyclic) bond motifs is 1. The number of nitrogens with two attached hydrogens (primary N) is 1. The molecule has 2 aliphatic rings. The molecule has 2 aromatic rings. The lowest BCUT2D eigenvalue weighted by atomic mass is 10.1. The van der Waals surface area contributed by atoms with Crippen LogP contribution in [0, 0.1) is 0 Å². The number of aromatic nitrogens is 3. The zero-order valence-corrected chi connectivity index (χ0v) is 14.7. The van der Waals surface area contributed by atoms with Crippen LogP contribution < -0.4 is 11.1 Å². The third kappa shape index (κ3) is 3.26. The summed E-state index contributed by atoms with van der Waals surface area (Å²) >= 11 is 0. The van der Waals surface area contributed by atoms with Crippen LogP contribution >= 0.6 is 0 Å². The standard InChI is InChI=1S/C17H24F2N6O/c1-21-7-11-6-17(18,19)9-24(11)8-12-2-3-14(26-12)25-5-4-13-15(20)22-10-23-16(13)25/h4-5,10-12,14,21H,2-3,6-9H2,1H3,(H2,20,22,23). The van der Waals surface area contributed by atoms with Gasteiger partial charge in [-0.2, -0.15) is 0 Å². The molecule has 0 saturated carbocycles. The highest BCUT2D eigenvalue weighted by Crippen LogP contribution is 2.36. The monoisotopic (exact) mass is 366 g/mol. The molecule has 0 spiro atoms. The molecule has 9 heteroatoms. The molecule has 0 aliphatic carbocycles. The summed E-state index contributed by atoms with van der Waals surface area (Å²) < 4.78 is 35.7. The number of hydrogen-bond acceptors (Lipinski definition) is 6. The van der Waals surface area contributed by atoms with Gasteiger partial charge in [0.15, 0.2) is 0 Å². The number of anilines is 1. The summed E-state index contributed by atoms with van der Waals surface area (Å²) in [5, 5.41) is 3.81. The van der Waals surface area contributed by atoms with E-state index in [9.17, 15) is 8.78 Å². The Balaban J connectivity index is 1.44. The van der Waals surface area contributed by atoms with E-state index in [2.05, 4.69) is 15.3 Å². The second kappa shape index (κ2) is 6.71. The van der Waals surface area contributed by atoms with Gasteiger partial charge in [-0.3, -0.25) is 4.90 Å². The lowest BCUT2D eigenvalue weighted by Gasteiger charge is -2.26. The first-order chi connectivity index (χ1) is 12.5. The van der Waals surface area contributed by atoms with Crippen molar-refractivity contribution in [3.05, 3.63) is 18.6 Å². The van der Waals surface area contributed by atoms with Crippen LogP contribution in [0.5, 0.6) is 0 Å². The Morgan fingerprint density at radius 2 is 2.23 bits per heavy atom. The first-order valence-corrected chi connectivity index (χ1v) is 8.96. The van der Waals surface area contributed by atoms with Gasteiger partial charge in [0.1, 0.15) is 24.0 Å². The van der Waals surface area contributed by atoms with Gasteiger partial charge in [0.2, 0.25) is 0 Å². The normalized spacial score (nSPS) is 29.0. The summed E-state index contributed by atoms with van der Waals surface area (Å²) in [5.74, 6) is -2.18. The fourth-order valence-electron chi connectivity index (χ4n) is 4.13. The number of alkyl halides is 2. The smallest absolute Gasteiger partial charge is 0.262 e. The van der Waals surface area contributed by atoms with E-state index in [-0.39, 0.29) is 31.3 Å². The van der Waals surface area contributed by atoms with Crippen LogP contribution in [0.4, 0.5) is 14.6 Å². The van der Waals surface area contributed by atoms with Crippen molar-refractivity contribution in [1.82, 2.24) is 24.8 Å². The molecule has 2 aliphatic heterocycles. The highest BCUT2D eigenvalue weighted by molar-refractivity contribution is 5.86. The lowest BCUT2D eigenvalue weighted by molar-refractivity contribution is -0.0220. The molecule has 7 nitrogen and oxygen atoms in total. The molecule has 2 aromatic heterocycles. The van der Waals surface area contributed by atoms with Gasteiger partial charge >= 0.3 is 0 Å². The molecule has 4 heterocycles. The van der Waals surface area contributed by atoms with Crippen LogP contribution in [-0.4, -0.2) is 64.2 Å². The topological polar surface area (TPSA) is 81.2 Å². The van der Waals surface area contributed by atoms with Crippen LogP contribution in [0.15, 0.2) is 18.6 Å². The van der Waals surface area contributed by atoms with Gasteiger partial charge in [0, 0.05) is 31.7 Å². The number of nitrogens with one attached hydrogen (secondary N) is 1. The van der Waals surface area contributed by atoms with Crippen LogP contribution in [0.2, 0.25) is 0 Å². The van der Waals surface area contributed by atoms with Crippen LogP contribution in [0.3, 0.4) is 0 Å². The van der Waals surface area contributed by atoms with Gasteiger partial charge < -0.3 is 20.4 Å². The molecule has 3 atom stereocenters. The summed E-state index contributed by atoms with van der Waals surface area (Å²) in [6, 6.07) is 1.73. The molecular formula is C17H24F2N6O. The fraction of sp³-hybridized carbons (Fsp3) is 0.647. The fourth-order valence-corrected chi connectivity index (χ4v) is 4.13. The molecule has 4 rings (SSSR count). The van der Waals surface area contributed by atoms with Crippen molar-refractivity contribution in [2.24, 2.45) is 0 Å². The quantitative estimate of drug-likeness (QED) is 0.837. The predicted octanol–water partition coefficient (Wildman–Crippen LogP) is 1.62. The van der Waals surface area contributed by atoms with Crippen molar-refractivity contribution < 1.29 is 13.5 Å². The summed E-state index contributed by atoms with van der Waals surface area (Å²) in [6.07, 6.45) is 4.68. The predicted molar refractivity (Wildman–Crippen MR) is 93.9 cm³/mol. The third-order valence-electron chi connectivity index (χ3n) is 5.30. The second-order valence-corrected chi connectivity index (χ2v) is 7.21. The van der Waals surface area contributed by atoms with Gasteiger partial charge in [0.25, 0.3) is 5.92 Å². The van der Waals surface area contributed by atoms with Crippen LogP contribution in [0.25, 0.3) is 11.0 Å². The van der Waals surface area contributed by atoms with E-state index in [0.717, 1.165) is 23.9 Å². The third-order valence-corrected chi connectivity index (χ3v) is 5.30. The molecule has 0 radical (unpaired) electrons. The number of nitrogen functional groups attached to an aromatic ring is 1. The van der Waals surface area contributed by atoms with E-state index in [1.165, 1.54) is 6.33 Å². The molecule has 0 aromatic carbocycles. The summed E-state index contributed by atoms with van der Waals surface area (Å²) in [7, 11) is 1.79. The molecule has 3 N–H and O–H groups in total. The summed E-state index contributed by atoms with van der Waals surface area (Å²) in [6.45, 7) is 0.888. The Labute approximate surface area is 150 Å². The van der Waals surface area contributed by atoms with Gasteiger partial charge in [-0.25, -0.2) is 18.7 Å². The van der Waals surface area contributed by atoms with Crippen molar-refractivity contribution in [3.63, 3.8) is 0 Å². The van der Waals surface area contributed by atoms with Crippen molar-refractivity contribution in [1.29, 1.82) is 0 Å². The van der Waals surface area contributed by atoms with Crippen LogP contribution in [-0.2, 0) is 4.74 Å². The van der Waals surface area contributed by atoms with E-state index in [0.29, 0.717) is 18.9 Å². The molecular weight excluding hydrogens is 342 g/mol.